The van der Waals surface area contributed by atoms with Gasteiger partial charge in [0.15, 0.2) is 5.13 Å². The molecule has 5 nitrogen and oxygen atoms in total. The quantitative estimate of drug-likeness (QED) is 0.424. The monoisotopic (exact) mass is 435 g/mol. The Morgan fingerprint density at radius 2 is 1.53 bits per heavy atom. The molecule has 0 saturated heterocycles. The molecule has 0 aliphatic heterocycles. The third kappa shape index (κ3) is 4.59. The van der Waals surface area contributed by atoms with E-state index in [2.05, 4.69) is 10.3 Å². The van der Waals surface area contributed by atoms with Gasteiger partial charge in [-0.25, -0.2) is 13.4 Å². The summed E-state index contributed by atoms with van der Waals surface area (Å²) in [6.45, 7) is 0.325. The van der Waals surface area contributed by atoms with E-state index in [0.717, 1.165) is 27.6 Å². The summed E-state index contributed by atoms with van der Waals surface area (Å²) < 4.78 is 27.2. The predicted octanol–water partition coefficient (Wildman–Crippen LogP) is 5.37. The predicted molar refractivity (Wildman–Crippen MR) is 122 cm³/mol. The van der Waals surface area contributed by atoms with Crippen LogP contribution in [0.4, 0.5) is 10.8 Å². The van der Waals surface area contributed by atoms with E-state index in [4.69, 9.17) is 0 Å². The van der Waals surface area contributed by atoms with E-state index in [9.17, 15) is 8.42 Å². The standard InChI is InChI=1S/C23H21N3O2S2/c1-26(16-18-8-4-2-5-9-18)30(27,28)21-14-12-19(13-15-21)22-17-29-23(25-22)24-20-10-6-3-7-11-20/h2-15,17H,16H2,1H3,(H,24,25). The van der Waals surface area contributed by atoms with Gasteiger partial charge in [-0.15, -0.1) is 11.3 Å². The average molecular weight is 436 g/mol. The Kier molecular flexibility index (Phi) is 5.94. The first-order valence-corrected chi connectivity index (χ1v) is 11.7. The molecule has 3 aromatic carbocycles. The van der Waals surface area contributed by atoms with Gasteiger partial charge in [-0.05, 0) is 29.8 Å². The molecule has 0 fully saturated rings. The number of aromatic nitrogens is 1. The van der Waals surface area contributed by atoms with Crippen molar-refractivity contribution in [1.82, 2.24) is 9.29 Å². The van der Waals surface area contributed by atoms with E-state index in [-0.39, 0.29) is 4.90 Å². The normalized spacial score (nSPS) is 11.5. The number of para-hydroxylation sites is 1. The molecule has 1 aromatic heterocycles. The van der Waals surface area contributed by atoms with E-state index >= 15 is 0 Å². The number of nitrogens with one attached hydrogen (secondary N) is 1. The summed E-state index contributed by atoms with van der Waals surface area (Å²) in [6, 6.07) is 26.3. The summed E-state index contributed by atoms with van der Waals surface area (Å²) in [6.07, 6.45) is 0. The Labute approximate surface area is 180 Å². The smallest absolute Gasteiger partial charge is 0.243 e. The SMILES string of the molecule is CN(Cc1ccccc1)S(=O)(=O)c1ccc(-c2csc(Nc3ccccc3)n2)cc1. The second-order valence-corrected chi connectivity index (χ2v) is 9.70. The van der Waals surface area contributed by atoms with Crippen LogP contribution in [0.15, 0.2) is 95.2 Å². The van der Waals surface area contributed by atoms with E-state index in [0.29, 0.717) is 6.54 Å². The molecule has 0 aliphatic rings. The summed E-state index contributed by atoms with van der Waals surface area (Å²) in [5, 5.41) is 6.01. The second kappa shape index (κ2) is 8.79. The third-order valence-electron chi connectivity index (χ3n) is 4.64. The molecule has 152 valence electrons. The highest BCUT2D eigenvalue weighted by Gasteiger charge is 2.21. The fourth-order valence-corrected chi connectivity index (χ4v) is 4.91. The van der Waals surface area contributed by atoms with Crippen LogP contribution >= 0.6 is 11.3 Å². The Morgan fingerprint density at radius 3 is 2.20 bits per heavy atom. The summed E-state index contributed by atoms with van der Waals surface area (Å²) in [5.74, 6) is 0. The van der Waals surface area contributed by atoms with Crippen molar-refractivity contribution in [2.75, 3.05) is 12.4 Å². The fourth-order valence-electron chi connectivity index (χ4n) is 3.01. The molecular weight excluding hydrogens is 414 g/mol. The van der Waals surface area contributed by atoms with Crippen molar-refractivity contribution in [3.63, 3.8) is 0 Å². The maximum absolute atomic E-state index is 12.9. The van der Waals surface area contributed by atoms with E-state index < -0.39 is 10.0 Å². The van der Waals surface area contributed by atoms with Crippen LogP contribution in [0.5, 0.6) is 0 Å². The number of thiazole rings is 1. The Morgan fingerprint density at radius 1 is 0.900 bits per heavy atom. The number of sulfonamides is 1. The molecule has 4 rings (SSSR count). The van der Waals surface area contributed by atoms with Crippen molar-refractivity contribution in [2.24, 2.45) is 0 Å². The fraction of sp³-hybridized carbons (Fsp3) is 0.0870. The summed E-state index contributed by atoms with van der Waals surface area (Å²) in [4.78, 5) is 4.87. The Balaban J connectivity index is 1.48. The zero-order valence-electron chi connectivity index (χ0n) is 16.4. The van der Waals surface area contributed by atoms with E-state index in [1.54, 1.807) is 31.3 Å². The zero-order valence-corrected chi connectivity index (χ0v) is 18.0. The van der Waals surface area contributed by atoms with Gasteiger partial charge in [-0.2, -0.15) is 4.31 Å². The lowest BCUT2D eigenvalue weighted by atomic mass is 10.2. The molecule has 30 heavy (non-hydrogen) atoms. The first kappa shape index (κ1) is 20.3. The molecule has 0 amide bonds. The third-order valence-corrected chi connectivity index (χ3v) is 7.21. The van der Waals surface area contributed by atoms with Gasteiger partial charge in [0, 0.05) is 30.2 Å². The molecule has 0 radical (unpaired) electrons. The minimum Gasteiger partial charge on any atom is -0.332 e. The topological polar surface area (TPSA) is 62.3 Å². The van der Waals surface area contributed by atoms with Crippen molar-refractivity contribution in [2.45, 2.75) is 11.4 Å². The Hall–Kier alpha value is -3.00. The molecule has 1 N–H and O–H groups in total. The van der Waals surface area contributed by atoms with Gasteiger partial charge in [-0.1, -0.05) is 60.7 Å². The lowest BCUT2D eigenvalue weighted by Crippen LogP contribution is -2.26. The van der Waals surface area contributed by atoms with Crippen LogP contribution in [0.2, 0.25) is 0 Å². The maximum Gasteiger partial charge on any atom is 0.243 e. The summed E-state index contributed by atoms with van der Waals surface area (Å²) >= 11 is 1.51. The highest BCUT2D eigenvalue weighted by Crippen LogP contribution is 2.28. The average Bonchev–Trinajstić information content (AvgIpc) is 3.24. The molecule has 0 aliphatic carbocycles. The van der Waals surface area contributed by atoms with Crippen molar-refractivity contribution in [1.29, 1.82) is 0 Å². The minimum atomic E-state index is -3.57. The highest BCUT2D eigenvalue weighted by atomic mass is 32.2. The molecule has 0 saturated carbocycles. The maximum atomic E-state index is 12.9. The first-order chi connectivity index (χ1) is 14.5. The zero-order chi connectivity index (χ0) is 21.0. The van der Waals surface area contributed by atoms with Crippen LogP contribution in [-0.4, -0.2) is 24.8 Å². The second-order valence-electron chi connectivity index (χ2n) is 6.80. The van der Waals surface area contributed by atoms with Gasteiger partial charge in [0.2, 0.25) is 10.0 Å². The summed E-state index contributed by atoms with van der Waals surface area (Å²) in [7, 11) is -1.97. The number of rotatable bonds is 7. The number of hydrogen-bond donors (Lipinski definition) is 1. The molecule has 0 unspecified atom stereocenters. The van der Waals surface area contributed by atoms with Crippen LogP contribution < -0.4 is 5.32 Å². The molecule has 0 atom stereocenters. The highest BCUT2D eigenvalue weighted by molar-refractivity contribution is 7.89. The largest absolute Gasteiger partial charge is 0.332 e. The van der Waals surface area contributed by atoms with Crippen molar-refractivity contribution in [3.8, 4) is 11.3 Å². The van der Waals surface area contributed by atoms with Gasteiger partial charge in [0.25, 0.3) is 0 Å². The van der Waals surface area contributed by atoms with Gasteiger partial charge >= 0.3 is 0 Å². The van der Waals surface area contributed by atoms with Crippen LogP contribution in [0.25, 0.3) is 11.3 Å². The van der Waals surface area contributed by atoms with Crippen LogP contribution in [0.1, 0.15) is 5.56 Å². The first-order valence-electron chi connectivity index (χ1n) is 9.41. The van der Waals surface area contributed by atoms with Crippen LogP contribution in [-0.2, 0) is 16.6 Å². The van der Waals surface area contributed by atoms with E-state index in [1.807, 2.05) is 66.0 Å². The van der Waals surface area contributed by atoms with Crippen LogP contribution in [0, 0.1) is 0 Å². The van der Waals surface area contributed by atoms with Crippen molar-refractivity contribution < 1.29 is 8.42 Å². The molecule has 1 heterocycles. The van der Waals surface area contributed by atoms with Crippen LogP contribution in [0.3, 0.4) is 0 Å². The number of anilines is 2. The lowest BCUT2D eigenvalue weighted by molar-refractivity contribution is 0.467. The van der Waals surface area contributed by atoms with Gasteiger partial charge in [0.05, 0.1) is 10.6 Å². The van der Waals surface area contributed by atoms with Crippen molar-refractivity contribution >= 4 is 32.2 Å². The van der Waals surface area contributed by atoms with Gasteiger partial charge < -0.3 is 5.32 Å². The Bertz CT molecular complexity index is 1210. The molecule has 0 bridgehead atoms. The number of nitrogens with zero attached hydrogens (tertiary/aromatic N) is 2. The number of benzene rings is 3. The molecule has 4 aromatic rings. The van der Waals surface area contributed by atoms with Crippen molar-refractivity contribution in [3.05, 3.63) is 95.9 Å². The van der Waals surface area contributed by atoms with E-state index in [1.165, 1.54) is 15.6 Å². The minimum absolute atomic E-state index is 0.266. The molecule has 0 spiro atoms. The van der Waals surface area contributed by atoms with Gasteiger partial charge in [-0.3, -0.25) is 0 Å². The van der Waals surface area contributed by atoms with Gasteiger partial charge in [0.1, 0.15) is 0 Å². The summed E-state index contributed by atoms with van der Waals surface area (Å²) in [5.41, 5.74) is 3.60. The molecular formula is C23H21N3O2S2. The molecule has 7 heteroatoms. The lowest BCUT2D eigenvalue weighted by Gasteiger charge is -2.17. The number of hydrogen-bond acceptors (Lipinski definition) is 5.